The van der Waals surface area contributed by atoms with E-state index in [1.165, 1.54) is 0 Å². The molecule has 0 atom stereocenters. The van der Waals surface area contributed by atoms with Crippen LogP contribution in [0.2, 0.25) is 0 Å². The van der Waals surface area contributed by atoms with Crippen molar-refractivity contribution in [1.29, 1.82) is 0 Å². The van der Waals surface area contributed by atoms with E-state index in [2.05, 4.69) is 9.97 Å². The molecule has 0 aromatic carbocycles. The highest BCUT2D eigenvalue weighted by Gasteiger charge is 2.20. The number of nitrogens with two attached hydrogens (primary N) is 1. The lowest BCUT2D eigenvalue weighted by Crippen LogP contribution is -2.11. The van der Waals surface area contributed by atoms with E-state index in [1.807, 2.05) is 0 Å². The molecule has 0 aliphatic rings. The van der Waals surface area contributed by atoms with Gasteiger partial charge in [-0.25, -0.2) is 23.5 Å². The molecule has 0 fully saturated rings. The maximum Gasteiger partial charge on any atom is 0.339 e. The van der Waals surface area contributed by atoms with Gasteiger partial charge in [-0.15, -0.1) is 0 Å². The van der Waals surface area contributed by atoms with Gasteiger partial charge in [-0.3, -0.25) is 0 Å². The van der Waals surface area contributed by atoms with E-state index in [0.717, 1.165) is 6.20 Å². The van der Waals surface area contributed by atoms with Gasteiger partial charge < -0.3 is 10.8 Å². The van der Waals surface area contributed by atoms with Gasteiger partial charge in [-0.1, -0.05) is 0 Å². The van der Waals surface area contributed by atoms with Crippen molar-refractivity contribution < 1.29 is 18.7 Å². The highest BCUT2D eigenvalue weighted by Crippen LogP contribution is 2.20. The van der Waals surface area contributed by atoms with E-state index in [1.54, 1.807) is 0 Å². The molecule has 0 radical (unpaired) electrons. The van der Waals surface area contributed by atoms with Crippen LogP contribution in [-0.2, 0) is 6.54 Å². The first kappa shape index (κ1) is 10.5. The highest BCUT2D eigenvalue weighted by atomic mass is 19.3. The molecule has 7 heteroatoms. The summed E-state index contributed by atoms with van der Waals surface area (Å²) in [6.45, 7) is -0.111. The van der Waals surface area contributed by atoms with Crippen LogP contribution in [0.15, 0.2) is 6.20 Å². The van der Waals surface area contributed by atoms with Gasteiger partial charge in [0.15, 0.2) is 0 Å². The SMILES string of the molecule is NCc1ncc(C(=O)O)c(C(F)F)n1. The molecule has 0 amide bonds. The molecule has 0 aliphatic heterocycles. The maximum absolute atomic E-state index is 12.3. The minimum absolute atomic E-state index is 0.00898. The number of halogens is 2. The fraction of sp³-hybridized carbons (Fsp3) is 0.286. The predicted octanol–water partition coefficient (Wildman–Crippen LogP) is 0.571. The topological polar surface area (TPSA) is 89.1 Å². The average molecular weight is 203 g/mol. The molecular formula is C7H7F2N3O2. The molecule has 0 spiro atoms. The fourth-order valence-electron chi connectivity index (χ4n) is 0.863. The van der Waals surface area contributed by atoms with Crippen LogP contribution in [0, 0.1) is 0 Å². The van der Waals surface area contributed by atoms with Crippen LogP contribution in [0.25, 0.3) is 0 Å². The minimum Gasteiger partial charge on any atom is -0.478 e. The second-order valence-corrected chi connectivity index (χ2v) is 2.40. The zero-order valence-electron chi connectivity index (χ0n) is 6.94. The zero-order valence-corrected chi connectivity index (χ0v) is 6.94. The Hall–Kier alpha value is -1.63. The summed E-state index contributed by atoms with van der Waals surface area (Å²) in [6.07, 6.45) is -2.12. The molecule has 0 saturated carbocycles. The van der Waals surface area contributed by atoms with Crippen LogP contribution in [0.1, 0.15) is 28.3 Å². The number of carbonyl (C=O) groups is 1. The number of alkyl halides is 2. The minimum atomic E-state index is -2.95. The number of rotatable bonds is 3. The van der Waals surface area contributed by atoms with Crippen molar-refractivity contribution in [2.75, 3.05) is 0 Å². The molecule has 0 bridgehead atoms. The van der Waals surface area contributed by atoms with E-state index < -0.39 is 23.7 Å². The van der Waals surface area contributed by atoms with Crippen LogP contribution >= 0.6 is 0 Å². The summed E-state index contributed by atoms with van der Waals surface area (Å²) in [5.41, 5.74) is 3.73. The van der Waals surface area contributed by atoms with Gasteiger partial charge in [-0.2, -0.15) is 0 Å². The third-order valence-corrected chi connectivity index (χ3v) is 1.49. The monoisotopic (exact) mass is 203 g/mol. The molecule has 5 nitrogen and oxygen atoms in total. The molecule has 0 saturated heterocycles. The molecule has 3 N–H and O–H groups in total. The molecule has 1 aromatic heterocycles. The first-order valence-corrected chi connectivity index (χ1v) is 3.63. The molecular weight excluding hydrogens is 196 g/mol. The van der Waals surface area contributed by atoms with E-state index in [4.69, 9.17) is 10.8 Å². The standard InChI is InChI=1S/C7H7F2N3O2/c8-6(9)5-3(7(13)14)2-11-4(1-10)12-5/h2,6H,1,10H2,(H,13,14). The third kappa shape index (κ3) is 1.99. The van der Waals surface area contributed by atoms with Crippen molar-refractivity contribution in [3.05, 3.63) is 23.3 Å². The molecule has 1 heterocycles. The molecule has 76 valence electrons. The lowest BCUT2D eigenvalue weighted by molar-refractivity contribution is 0.0681. The van der Waals surface area contributed by atoms with Crippen molar-refractivity contribution in [2.24, 2.45) is 5.73 Å². The van der Waals surface area contributed by atoms with Crippen LogP contribution in [0.5, 0.6) is 0 Å². The molecule has 14 heavy (non-hydrogen) atoms. The molecule has 0 unspecified atom stereocenters. The summed E-state index contributed by atoms with van der Waals surface area (Å²) in [5, 5.41) is 8.53. The van der Waals surface area contributed by atoms with Crippen molar-refractivity contribution in [2.45, 2.75) is 13.0 Å². The molecule has 0 aliphatic carbocycles. The van der Waals surface area contributed by atoms with Gasteiger partial charge in [0.05, 0.1) is 6.54 Å². The van der Waals surface area contributed by atoms with Gasteiger partial charge >= 0.3 is 5.97 Å². The summed E-state index contributed by atoms with van der Waals surface area (Å²) in [5.74, 6) is -1.49. The Morgan fingerprint density at radius 2 is 2.29 bits per heavy atom. The summed E-state index contributed by atoms with van der Waals surface area (Å²) >= 11 is 0. The summed E-state index contributed by atoms with van der Waals surface area (Å²) < 4.78 is 24.6. The number of carboxylic acid groups (broad SMARTS) is 1. The lowest BCUT2D eigenvalue weighted by atomic mass is 10.2. The van der Waals surface area contributed by atoms with Crippen molar-refractivity contribution in [3.8, 4) is 0 Å². The van der Waals surface area contributed by atoms with Crippen LogP contribution in [0.4, 0.5) is 8.78 Å². The smallest absolute Gasteiger partial charge is 0.339 e. The van der Waals surface area contributed by atoms with Crippen molar-refractivity contribution >= 4 is 5.97 Å². The van der Waals surface area contributed by atoms with E-state index >= 15 is 0 Å². The summed E-state index contributed by atoms with van der Waals surface area (Å²) in [4.78, 5) is 17.3. The second-order valence-electron chi connectivity index (χ2n) is 2.40. The van der Waals surface area contributed by atoms with E-state index in [-0.39, 0.29) is 12.4 Å². The number of aromatic nitrogens is 2. The summed E-state index contributed by atoms with van der Waals surface area (Å²) in [6, 6.07) is 0. The Kier molecular flexibility index (Phi) is 3.03. The Labute approximate surface area is 77.6 Å². The largest absolute Gasteiger partial charge is 0.478 e. The number of hydrogen-bond donors (Lipinski definition) is 2. The number of aromatic carboxylic acids is 1. The van der Waals surface area contributed by atoms with E-state index in [9.17, 15) is 13.6 Å². The van der Waals surface area contributed by atoms with Crippen LogP contribution in [0.3, 0.4) is 0 Å². The number of carboxylic acids is 1. The van der Waals surface area contributed by atoms with Gasteiger partial charge in [0, 0.05) is 6.20 Å². The van der Waals surface area contributed by atoms with Crippen molar-refractivity contribution in [1.82, 2.24) is 9.97 Å². The number of nitrogens with zero attached hydrogens (tertiary/aromatic N) is 2. The van der Waals surface area contributed by atoms with Crippen LogP contribution < -0.4 is 5.73 Å². The van der Waals surface area contributed by atoms with Gasteiger partial charge in [0.2, 0.25) is 0 Å². The average Bonchev–Trinajstić information content (AvgIpc) is 2.16. The van der Waals surface area contributed by atoms with Crippen LogP contribution in [-0.4, -0.2) is 21.0 Å². The first-order valence-electron chi connectivity index (χ1n) is 3.63. The highest BCUT2D eigenvalue weighted by molar-refractivity contribution is 5.88. The molecule has 1 aromatic rings. The summed E-state index contributed by atoms with van der Waals surface area (Å²) in [7, 11) is 0. The quantitative estimate of drug-likeness (QED) is 0.749. The fourth-order valence-corrected chi connectivity index (χ4v) is 0.863. The number of hydrogen-bond acceptors (Lipinski definition) is 4. The van der Waals surface area contributed by atoms with E-state index in [0.29, 0.717) is 0 Å². The Balaban J connectivity index is 3.24. The Morgan fingerprint density at radius 3 is 2.71 bits per heavy atom. The Morgan fingerprint density at radius 1 is 1.64 bits per heavy atom. The second kappa shape index (κ2) is 4.05. The van der Waals surface area contributed by atoms with Gasteiger partial charge in [0.1, 0.15) is 17.1 Å². The van der Waals surface area contributed by atoms with Gasteiger partial charge in [0.25, 0.3) is 6.43 Å². The Bertz CT molecular complexity index is 357. The first-order chi connectivity index (χ1) is 6.56. The lowest BCUT2D eigenvalue weighted by Gasteiger charge is -2.04. The maximum atomic E-state index is 12.3. The predicted molar refractivity (Wildman–Crippen MR) is 41.8 cm³/mol. The zero-order chi connectivity index (χ0) is 10.7. The van der Waals surface area contributed by atoms with Gasteiger partial charge in [-0.05, 0) is 0 Å². The normalized spacial score (nSPS) is 10.6. The third-order valence-electron chi connectivity index (χ3n) is 1.49. The van der Waals surface area contributed by atoms with Crippen molar-refractivity contribution in [3.63, 3.8) is 0 Å². The molecule has 1 rings (SSSR count).